The first kappa shape index (κ1) is 27.6. The van der Waals surface area contributed by atoms with E-state index in [-0.39, 0.29) is 28.5 Å². The lowest BCUT2D eigenvalue weighted by Crippen LogP contribution is -2.41. The molecule has 2 aliphatic rings. The Morgan fingerprint density at radius 3 is 2.78 bits per heavy atom. The first-order chi connectivity index (χ1) is 19.6. The van der Waals surface area contributed by atoms with Crippen molar-refractivity contribution >= 4 is 41.8 Å². The summed E-state index contributed by atoms with van der Waals surface area (Å²) in [6.07, 6.45) is 1.07. The number of thiol groups is 1. The van der Waals surface area contributed by atoms with Crippen LogP contribution in [-0.4, -0.2) is 92.0 Å². The summed E-state index contributed by atoms with van der Waals surface area (Å²) in [5.74, 6) is -0.846. The standard InChI is InChI=1S/C21H23N8O10PS/c22-17-13-18(25-8-24-17)28(9-26-13)19-15(33)14(32)11(38-19)6-37-40(35,41)39-21(7-36-10(5-30)16(21)34)29-3-1-12(31)27-4-2-23-20(27)29/h1-4,8-9,11,14-15,19,30,32-34H,5-7H2,(H,35,41)(H2,22,24,25)/t11-,14-,15-,19-,21+,40-/m1/s1. The molecule has 4 aromatic heterocycles. The van der Waals surface area contributed by atoms with E-state index in [1.165, 1.54) is 40.4 Å². The molecule has 0 saturated carbocycles. The molecule has 0 amide bonds. The second kappa shape index (κ2) is 10.1. The molecule has 20 heteroatoms. The number of rotatable bonds is 8. The second-order valence-electron chi connectivity index (χ2n) is 9.11. The van der Waals surface area contributed by atoms with Gasteiger partial charge in [-0.25, -0.2) is 24.5 Å². The summed E-state index contributed by atoms with van der Waals surface area (Å²) in [7, 11) is 0. The molecule has 6 rings (SSSR count). The van der Waals surface area contributed by atoms with Crippen molar-refractivity contribution in [3.63, 3.8) is 0 Å². The number of nitrogen functional groups attached to an aromatic ring is 1. The Kier molecular flexibility index (Phi) is 6.78. The fourth-order valence-electron chi connectivity index (χ4n) is 4.71. The van der Waals surface area contributed by atoms with Crippen LogP contribution in [0.3, 0.4) is 0 Å². The number of aromatic nitrogens is 7. The molecule has 0 spiro atoms. The van der Waals surface area contributed by atoms with Crippen molar-refractivity contribution in [2.75, 3.05) is 25.6 Å². The Balaban J connectivity index is 1.25. The summed E-state index contributed by atoms with van der Waals surface area (Å²) in [6.45, 7) is -6.28. The van der Waals surface area contributed by atoms with E-state index in [0.717, 1.165) is 10.5 Å². The zero-order valence-corrected chi connectivity index (χ0v) is 22.5. The summed E-state index contributed by atoms with van der Waals surface area (Å²) in [4.78, 5) is 28.4. The van der Waals surface area contributed by atoms with E-state index >= 15 is 0 Å². The number of aliphatic hydroxyl groups is 4. The highest BCUT2D eigenvalue weighted by molar-refractivity contribution is 8.44. The molecular weight excluding hydrogens is 587 g/mol. The molecule has 0 bridgehead atoms. The van der Waals surface area contributed by atoms with E-state index in [1.807, 2.05) is 0 Å². The zero-order chi connectivity index (χ0) is 29.1. The molecule has 218 valence electrons. The maximum Gasteiger partial charge on any atom is 0.388 e. The minimum absolute atomic E-state index is 0.0160. The molecule has 18 nitrogen and oxygen atoms in total. The number of nitrogens with zero attached hydrogens (tertiary/aromatic N) is 7. The number of ether oxygens (including phenoxy) is 2. The van der Waals surface area contributed by atoms with Crippen LogP contribution in [0, 0.1) is 0 Å². The van der Waals surface area contributed by atoms with Crippen molar-refractivity contribution in [2.24, 2.45) is 0 Å². The van der Waals surface area contributed by atoms with Gasteiger partial charge in [0.25, 0.3) is 11.3 Å². The summed E-state index contributed by atoms with van der Waals surface area (Å²) in [6, 6.07) is 1.15. The zero-order valence-electron chi connectivity index (χ0n) is 20.7. The van der Waals surface area contributed by atoms with Crippen LogP contribution in [0.5, 0.6) is 0 Å². The van der Waals surface area contributed by atoms with Gasteiger partial charge in [-0.15, -0.1) is 0 Å². The molecule has 4 aromatic rings. The minimum atomic E-state index is -4.47. The van der Waals surface area contributed by atoms with Gasteiger partial charge in [0.1, 0.15) is 43.4 Å². The average molecular weight is 611 g/mol. The molecule has 0 aromatic carbocycles. The molecule has 0 radical (unpaired) electrons. The maximum atomic E-state index is 13.5. The third kappa shape index (κ3) is 4.46. The highest BCUT2D eigenvalue weighted by atomic mass is 32.7. The summed E-state index contributed by atoms with van der Waals surface area (Å²) < 4.78 is 39.5. The largest absolute Gasteiger partial charge is 0.505 e. The molecule has 41 heavy (non-hydrogen) atoms. The van der Waals surface area contributed by atoms with Gasteiger partial charge in [-0.1, -0.05) is 12.2 Å². The topological polar surface area (TPSA) is 244 Å². The number of hydrogen-bond acceptors (Lipinski definition) is 15. The monoisotopic (exact) mass is 610 g/mol. The van der Waals surface area contributed by atoms with Gasteiger partial charge in [0, 0.05) is 24.7 Å². The van der Waals surface area contributed by atoms with Gasteiger partial charge in [-0.3, -0.25) is 27.4 Å². The van der Waals surface area contributed by atoms with Gasteiger partial charge in [0.05, 0.1) is 12.9 Å². The smallest absolute Gasteiger partial charge is 0.388 e. The number of aliphatic hydroxyl groups excluding tert-OH is 4. The van der Waals surface area contributed by atoms with E-state index in [1.54, 1.807) is 0 Å². The van der Waals surface area contributed by atoms with Crippen molar-refractivity contribution in [3.05, 3.63) is 59.2 Å². The number of imidazole rings is 2. The Hall–Kier alpha value is -3.55. The summed E-state index contributed by atoms with van der Waals surface area (Å²) in [5, 5.41) is 41.9. The first-order valence-corrected chi connectivity index (χ1v) is 14.6. The summed E-state index contributed by atoms with van der Waals surface area (Å²) in [5.41, 5.74) is 3.75. The SMILES string of the molecule is Nc1ncnc2c1ncn2[C@@H]1O[C@H](CO[P@@](=O)(S)O[C@@]2(n3ccc(=O)n4ccnc34)COC(CO)=C2O)[C@@H](O)[C@H]1O. The molecule has 6 atom stereocenters. The normalized spacial score (nSPS) is 28.0. The van der Waals surface area contributed by atoms with Crippen LogP contribution >= 0.6 is 19.0 Å². The molecule has 6 heterocycles. The highest BCUT2D eigenvalue weighted by Crippen LogP contribution is 2.59. The van der Waals surface area contributed by atoms with Crippen LogP contribution in [0.1, 0.15) is 6.23 Å². The molecule has 6 N–H and O–H groups in total. The van der Waals surface area contributed by atoms with Crippen LogP contribution in [-0.2, 0) is 28.8 Å². The van der Waals surface area contributed by atoms with E-state index in [2.05, 4.69) is 32.2 Å². The van der Waals surface area contributed by atoms with Crippen LogP contribution in [0.25, 0.3) is 16.9 Å². The number of hydrogen-bond donors (Lipinski definition) is 6. The molecule has 0 unspecified atom stereocenters. The number of anilines is 1. The van der Waals surface area contributed by atoms with E-state index < -0.39 is 68.2 Å². The highest BCUT2D eigenvalue weighted by Gasteiger charge is 2.52. The third-order valence-electron chi connectivity index (χ3n) is 6.72. The van der Waals surface area contributed by atoms with E-state index in [0.29, 0.717) is 0 Å². The van der Waals surface area contributed by atoms with Crippen molar-refractivity contribution < 1.29 is 43.5 Å². The van der Waals surface area contributed by atoms with Crippen LogP contribution in [0.4, 0.5) is 5.82 Å². The molecule has 1 saturated heterocycles. The van der Waals surface area contributed by atoms with Gasteiger partial charge >= 0.3 is 6.80 Å². The third-order valence-corrected chi connectivity index (χ3v) is 8.32. The average Bonchev–Trinajstić information content (AvgIpc) is 3.72. The lowest BCUT2D eigenvalue weighted by atomic mass is 10.1. The van der Waals surface area contributed by atoms with E-state index in [9.17, 15) is 29.8 Å². The van der Waals surface area contributed by atoms with Gasteiger partial charge in [0.2, 0.25) is 5.78 Å². The Labute approximate surface area is 233 Å². The van der Waals surface area contributed by atoms with E-state index in [4.69, 9.17) is 24.3 Å². The van der Waals surface area contributed by atoms with Crippen molar-refractivity contribution in [3.8, 4) is 0 Å². The van der Waals surface area contributed by atoms with Crippen LogP contribution < -0.4 is 11.3 Å². The van der Waals surface area contributed by atoms with Gasteiger partial charge < -0.3 is 35.6 Å². The lowest BCUT2D eigenvalue weighted by Gasteiger charge is -2.32. The lowest BCUT2D eigenvalue weighted by molar-refractivity contribution is -0.0597. The molecule has 2 aliphatic heterocycles. The van der Waals surface area contributed by atoms with Crippen molar-refractivity contribution in [2.45, 2.75) is 30.3 Å². The molecular formula is C21H23N8O10PS. The number of fused-ring (bicyclic) bond motifs is 2. The second-order valence-corrected chi connectivity index (χ2v) is 12.0. The fraction of sp³-hybridized carbons (Fsp3) is 0.381. The Morgan fingerprint density at radius 1 is 1.22 bits per heavy atom. The Bertz CT molecular complexity index is 1780. The maximum absolute atomic E-state index is 13.5. The first-order valence-electron chi connectivity index (χ1n) is 11.9. The van der Waals surface area contributed by atoms with Gasteiger partial charge in [-0.2, -0.15) is 0 Å². The minimum Gasteiger partial charge on any atom is -0.505 e. The predicted octanol–water partition coefficient (Wildman–Crippen LogP) is -0.947. The van der Waals surface area contributed by atoms with Crippen molar-refractivity contribution in [1.29, 1.82) is 0 Å². The van der Waals surface area contributed by atoms with Gasteiger partial charge in [0.15, 0.2) is 29.2 Å². The Morgan fingerprint density at radius 2 is 2.02 bits per heavy atom. The molecule has 1 fully saturated rings. The van der Waals surface area contributed by atoms with Crippen LogP contribution in [0.15, 0.2) is 53.6 Å². The van der Waals surface area contributed by atoms with Crippen molar-refractivity contribution in [1.82, 2.24) is 33.5 Å². The summed E-state index contributed by atoms with van der Waals surface area (Å²) >= 11 is 4.04. The van der Waals surface area contributed by atoms with Crippen LogP contribution in [0.2, 0.25) is 0 Å². The predicted molar refractivity (Wildman–Crippen MR) is 139 cm³/mol. The molecule has 0 aliphatic carbocycles. The van der Waals surface area contributed by atoms with Gasteiger partial charge in [-0.05, 0) is 0 Å². The fourth-order valence-corrected chi connectivity index (χ4v) is 6.31. The number of nitrogens with two attached hydrogens (primary N) is 1. The quantitative estimate of drug-likeness (QED) is 0.104.